The highest BCUT2D eigenvalue weighted by atomic mass is 79.9. The third-order valence-corrected chi connectivity index (χ3v) is 6.19. The van der Waals surface area contributed by atoms with Crippen LogP contribution in [-0.2, 0) is 15.4 Å². The first-order valence-electron chi connectivity index (χ1n) is 8.66. The molecule has 1 aromatic carbocycles. The van der Waals surface area contributed by atoms with Gasteiger partial charge in [0.05, 0.1) is 12.3 Å². The van der Waals surface area contributed by atoms with Crippen molar-refractivity contribution in [1.82, 2.24) is 15.4 Å². The number of rotatable bonds is 9. The van der Waals surface area contributed by atoms with Gasteiger partial charge in [-0.3, -0.25) is 4.99 Å². The Balaban J connectivity index is 1.91. The zero-order chi connectivity index (χ0) is 18.3. The minimum Gasteiger partial charge on any atom is -0.357 e. The van der Waals surface area contributed by atoms with Crippen molar-refractivity contribution in [2.75, 3.05) is 31.9 Å². The summed E-state index contributed by atoms with van der Waals surface area (Å²) < 4.78 is 26.5. The molecule has 6 nitrogen and oxygen atoms in total. The Bertz CT molecular complexity index is 702. The first-order valence-corrected chi connectivity index (χ1v) is 11.1. The Hall–Kier alpha value is -1.12. The Kier molecular flexibility index (Phi) is 7.27. The molecular weight excluding hydrogens is 404 g/mol. The van der Waals surface area contributed by atoms with E-state index < -0.39 is 10.0 Å². The van der Waals surface area contributed by atoms with Gasteiger partial charge >= 0.3 is 0 Å². The lowest BCUT2D eigenvalue weighted by Crippen LogP contribution is -2.42. The molecule has 2 rings (SSSR count). The number of benzene rings is 1. The first-order chi connectivity index (χ1) is 11.9. The van der Waals surface area contributed by atoms with E-state index in [2.05, 4.69) is 49.5 Å². The van der Waals surface area contributed by atoms with Crippen molar-refractivity contribution < 1.29 is 8.42 Å². The van der Waals surface area contributed by atoms with Gasteiger partial charge in [0.1, 0.15) is 0 Å². The average Bonchev–Trinajstić information content (AvgIpc) is 3.38. The fourth-order valence-electron chi connectivity index (χ4n) is 2.57. The maximum atomic E-state index is 11.4. The van der Waals surface area contributed by atoms with Crippen LogP contribution in [0.4, 0.5) is 0 Å². The summed E-state index contributed by atoms with van der Waals surface area (Å²) >= 11 is 3.53. The van der Waals surface area contributed by atoms with Crippen molar-refractivity contribution in [3.8, 4) is 0 Å². The van der Waals surface area contributed by atoms with Gasteiger partial charge in [0.15, 0.2) is 5.96 Å². The molecule has 1 saturated carbocycles. The number of nitrogens with zero attached hydrogens (tertiary/aromatic N) is 1. The minimum atomic E-state index is -3.15. The molecule has 0 heterocycles. The summed E-state index contributed by atoms with van der Waals surface area (Å²) in [5, 5.41) is 6.39. The second-order valence-corrected chi connectivity index (χ2v) is 9.22. The zero-order valence-corrected chi connectivity index (χ0v) is 17.2. The van der Waals surface area contributed by atoms with E-state index in [4.69, 9.17) is 4.99 Å². The molecule has 0 amide bonds. The topological polar surface area (TPSA) is 82.6 Å². The molecule has 1 aliphatic rings. The molecule has 0 unspecified atom stereocenters. The molecule has 0 radical (unpaired) electrons. The zero-order valence-electron chi connectivity index (χ0n) is 14.8. The standard InChI is InChI=1S/C17H27BrN4O2S/c1-3-19-16(20-10-11-22-25(23,24)4-2)21-13-17(8-9-17)14-6-5-7-15(18)12-14/h5-7,12,22H,3-4,8-11,13H2,1-2H3,(H2,19,20,21). The number of sulfonamides is 1. The van der Waals surface area contributed by atoms with Gasteiger partial charge in [0.2, 0.25) is 10.0 Å². The van der Waals surface area contributed by atoms with E-state index in [0.29, 0.717) is 13.1 Å². The van der Waals surface area contributed by atoms with Gasteiger partial charge in [0.25, 0.3) is 0 Å². The number of halogens is 1. The van der Waals surface area contributed by atoms with E-state index >= 15 is 0 Å². The van der Waals surface area contributed by atoms with E-state index in [0.717, 1.165) is 36.4 Å². The molecule has 140 valence electrons. The number of guanidine groups is 1. The summed E-state index contributed by atoms with van der Waals surface area (Å²) in [7, 11) is -3.15. The van der Waals surface area contributed by atoms with E-state index in [-0.39, 0.29) is 11.2 Å². The molecule has 0 bridgehead atoms. The van der Waals surface area contributed by atoms with Gasteiger partial charge in [-0.1, -0.05) is 28.1 Å². The van der Waals surface area contributed by atoms with Crippen LogP contribution >= 0.6 is 15.9 Å². The second-order valence-electron chi connectivity index (χ2n) is 6.21. The molecule has 1 fully saturated rings. The fraction of sp³-hybridized carbons (Fsp3) is 0.588. The Morgan fingerprint density at radius 1 is 1.24 bits per heavy atom. The predicted octanol–water partition coefficient (Wildman–Crippen LogP) is 1.98. The molecule has 0 atom stereocenters. The largest absolute Gasteiger partial charge is 0.357 e. The van der Waals surface area contributed by atoms with Crippen molar-refractivity contribution in [2.45, 2.75) is 32.1 Å². The van der Waals surface area contributed by atoms with Crippen LogP contribution in [0.3, 0.4) is 0 Å². The van der Waals surface area contributed by atoms with Crippen LogP contribution in [0.2, 0.25) is 0 Å². The highest BCUT2D eigenvalue weighted by Crippen LogP contribution is 2.48. The Labute approximate surface area is 159 Å². The third kappa shape index (κ3) is 6.27. The molecule has 1 aliphatic carbocycles. The summed E-state index contributed by atoms with van der Waals surface area (Å²) in [4.78, 5) is 4.71. The van der Waals surface area contributed by atoms with Gasteiger partial charge in [-0.05, 0) is 44.4 Å². The summed E-state index contributed by atoms with van der Waals surface area (Å²) in [6.07, 6.45) is 2.28. The maximum Gasteiger partial charge on any atom is 0.211 e. The molecule has 8 heteroatoms. The lowest BCUT2D eigenvalue weighted by Gasteiger charge is -2.16. The summed E-state index contributed by atoms with van der Waals surface area (Å²) in [6.45, 7) is 5.96. The minimum absolute atomic E-state index is 0.0936. The van der Waals surface area contributed by atoms with Crippen LogP contribution in [-0.4, -0.2) is 46.3 Å². The SMILES string of the molecule is CCNC(=NCC1(c2cccc(Br)c2)CC1)NCCNS(=O)(=O)CC. The summed E-state index contributed by atoms with van der Waals surface area (Å²) in [5.74, 6) is 0.815. The van der Waals surface area contributed by atoms with Crippen molar-refractivity contribution in [3.05, 3.63) is 34.3 Å². The number of nitrogens with one attached hydrogen (secondary N) is 3. The highest BCUT2D eigenvalue weighted by Gasteiger charge is 2.44. The van der Waals surface area contributed by atoms with Crippen molar-refractivity contribution >= 4 is 31.9 Å². The van der Waals surface area contributed by atoms with Crippen LogP contribution in [0.15, 0.2) is 33.7 Å². The molecule has 0 spiro atoms. The van der Waals surface area contributed by atoms with Crippen LogP contribution in [0.1, 0.15) is 32.3 Å². The molecule has 1 aromatic rings. The lowest BCUT2D eigenvalue weighted by atomic mass is 9.96. The van der Waals surface area contributed by atoms with E-state index in [9.17, 15) is 8.42 Å². The van der Waals surface area contributed by atoms with Crippen LogP contribution in [0.25, 0.3) is 0 Å². The third-order valence-electron chi connectivity index (χ3n) is 4.29. The van der Waals surface area contributed by atoms with E-state index in [1.807, 2.05) is 13.0 Å². The maximum absolute atomic E-state index is 11.4. The first kappa shape index (κ1) is 20.2. The molecule has 3 N–H and O–H groups in total. The number of aliphatic imine (C=N–C) groups is 1. The quantitative estimate of drug-likeness (QED) is 0.317. The molecular formula is C17H27BrN4O2S. The smallest absolute Gasteiger partial charge is 0.211 e. The van der Waals surface area contributed by atoms with Crippen LogP contribution in [0.5, 0.6) is 0 Å². The monoisotopic (exact) mass is 430 g/mol. The van der Waals surface area contributed by atoms with Gasteiger partial charge in [-0.15, -0.1) is 0 Å². The Morgan fingerprint density at radius 2 is 2.00 bits per heavy atom. The van der Waals surface area contributed by atoms with Gasteiger partial charge in [-0.25, -0.2) is 13.1 Å². The van der Waals surface area contributed by atoms with Crippen molar-refractivity contribution in [1.29, 1.82) is 0 Å². The highest BCUT2D eigenvalue weighted by molar-refractivity contribution is 9.10. The molecule has 25 heavy (non-hydrogen) atoms. The van der Waals surface area contributed by atoms with Crippen molar-refractivity contribution in [2.24, 2.45) is 4.99 Å². The average molecular weight is 431 g/mol. The number of hydrogen-bond donors (Lipinski definition) is 3. The fourth-order valence-corrected chi connectivity index (χ4v) is 3.59. The predicted molar refractivity (Wildman–Crippen MR) is 106 cm³/mol. The second kappa shape index (κ2) is 9.00. The van der Waals surface area contributed by atoms with E-state index in [1.165, 1.54) is 5.56 Å². The van der Waals surface area contributed by atoms with Gasteiger partial charge in [0, 0.05) is 29.5 Å². The summed E-state index contributed by atoms with van der Waals surface area (Å²) in [6, 6.07) is 8.42. The lowest BCUT2D eigenvalue weighted by molar-refractivity contribution is 0.581. The van der Waals surface area contributed by atoms with Gasteiger partial charge in [-0.2, -0.15) is 0 Å². The van der Waals surface area contributed by atoms with Crippen molar-refractivity contribution in [3.63, 3.8) is 0 Å². The molecule has 0 aromatic heterocycles. The molecule has 0 saturated heterocycles. The normalized spacial score (nSPS) is 16.5. The van der Waals surface area contributed by atoms with E-state index in [1.54, 1.807) is 6.92 Å². The van der Waals surface area contributed by atoms with Crippen LogP contribution in [0, 0.1) is 0 Å². The number of hydrogen-bond acceptors (Lipinski definition) is 3. The van der Waals surface area contributed by atoms with Crippen LogP contribution < -0.4 is 15.4 Å². The summed E-state index contributed by atoms with van der Waals surface area (Å²) in [5.41, 5.74) is 1.45. The molecule has 0 aliphatic heterocycles. The van der Waals surface area contributed by atoms with Gasteiger partial charge < -0.3 is 10.6 Å². The Morgan fingerprint density at radius 3 is 2.60 bits per heavy atom.